The molecule has 2 aromatic carbocycles. The molecule has 1 heterocycles. The molecule has 0 saturated heterocycles. The molecule has 2 N–H and O–H groups in total. The zero-order chi connectivity index (χ0) is 15.0. The predicted molar refractivity (Wildman–Crippen MR) is 83.5 cm³/mol. The number of hydrogen-bond donors (Lipinski definition) is 2. The van der Waals surface area contributed by atoms with Crippen LogP contribution in [0.4, 0.5) is 0 Å². The first-order valence-electron chi connectivity index (χ1n) is 6.18. The number of halogens is 1. The normalized spacial score (nSPS) is 10.7. The largest absolute Gasteiger partial charge is 0.507 e. The molecule has 0 bridgehead atoms. The highest BCUT2D eigenvalue weighted by Crippen LogP contribution is 2.32. The van der Waals surface area contributed by atoms with Gasteiger partial charge in [-0.25, -0.2) is 9.78 Å². The van der Waals surface area contributed by atoms with Gasteiger partial charge in [0.25, 0.3) is 0 Å². The van der Waals surface area contributed by atoms with Crippen LogP contribution in [-0.2, 0) is 0 Å². The second kappa shape index (κ2) is 5.18. The van der Waals surface area contributed by atoms with Gasteiger partial charge in [-0.1, -0.05) is 12.1 Å². The Hall–Kier alpha value is -2.40. The van der Waals surface area contributed by atoms with Gasteiger partial charge < -0.3 is 10.2 Å². The predicted octanol–water partition coefficient (Wildman–Crippen LogP) is 4.07. The molecule has 5 heteroatoms. The summed E-state index contributed by atoms with van der Waals surface area (Å²) in [7, 11) is 0. The molecular formula is C16H10BrNO3. The lowest BCUT2D eigenvalue weighted by Crippen LogP contribution is -1.95. The van der Waals surface area contributed by atoms with Crippen LogP contribution in [0.3, 0.4) is 0 Å². The van der Waals surface area contributed by atoms with Gasteiger partial charge in [-0.2, -0.15) is 0 Å². The summed E-state index contributed by atoms with van der Waals surface area (Å²) in [6.07, 6.45) is 0. The third kappa shape index (κ3) is 2.48. The first-order chi connectivity index (χ1) is 10.1. The van der Waals surface area contributed by atoms with E-state index in [2.05, 4.69) is 20.9 Å². The quantitative estimate of drug-likeness (QED) is 0.735. The van der Waals surface area contributed by atoms with E-state index in [-0.39, 0.29) is 11.3 Å². The van der Waals surface area contributed by atoms with E-state index in [1.807, 2.05) is 12.1 Å². The van der Waals surface area contributed by atoms with Gasteiger partial charge in [-0.15, -0.1) is 0 Å². The Morgan fingerprint density at radius 1 is 1.00 bits per heavy atom. The Labute approximate surface area is 128 Å². The van der Waals surface area contributed by atoms with Crippen molar-refractivity contribution < 1.29 is 15.0 Å². The molecule has 0 aliphatic heterocycles. The fourth-order valence-corrected chi connectivity index (χ4v) is 2.57. The van der Waals surface area contributed by atoms with E-state index >= 15 is 0 Å². The van der Waals surface area contributed by atoms with Gasteiger partial charge in [0.05, 0.1) is 21.2 Å². The van der Waals surface area contributed by atoms with E-state index in [1.54, 1.807) is 36.4 Å². The molecule has 4 nitrogen and oxygen atoms in total. The summed E-state index contributed by atoms with van der Waals surface area (Å²) in [6.45, 7) is 0. The average Bonchev–Trinajstić information content (AvgIpc) is 2.51. The lowest BCUT2D eigenvalue weighted by Gasteiger charge is -2.06. The number of aromatic hydroxyl groups is 1. The van der Waals surface area contributed by atoms with Crippen LogP contribution in [-0.4, -0.2) is 21.2 Å². The highest BCUT2D eigenvalue weighted by molar-refractivity contribution is 9.10. The molecule has 0 radical (unpaired) electrons. The van der Waals surface area contributed by atoms with Gasteiger partial charge in [0.1, 0.15) is 5.75 Å². The molecule has 0 atom stereocenters. The SMILES string of the molecule is O=C(O)c1ccc(-c2ccc3c(Br)c(O)ccc3n2)cc1. The van der Waals surface area contributed by atoms with Crippen LogP contribution in [0.5, 0.6) is 5.75 Å². The Balaban J connectivity index is 2.09. The summed E-state index contributed by atoms with van der Waals surface area (Å²) in [5.41, 5.74) is 2.58. The monoisotopic (exact) mass is 343 g/mol. The summed E-state index contributed by atoms with van der Waals surface area (Å²) < 4.78 is 0.611. The Morgan fingerprint density at radius 3 is 2.38 bits per heavy atom. The number of carbonyl (C=O) groups is 1. The highest BCUT2D eigenvalue weighted by Gasteiger charge is 2.08. The van der Waals surface area contributed by atoms with Crippen molar-refractivity contribution in [3.8, 4) is 17.0 Å². The number of carboxylic acid groups (broad SMARTS) is 1. The van der Waals surface area contributed by atoms with Crippen molar-refractivity contribution in [2.75, 3.05) is 0 Å². The maximum Gasteiger partial charge on any atom is 0.335 e. The van der Waals surface area contributed by atoms with Gasteiger partial charge in [-0.05, 0) is 52.3 Å². The smallest absolute Gasteiger partial charge is 0.335 e. The maximum absolute atomic E-state index is 10.8. The minimum Gasteiger partial charge on any atom is -0.507 e. The van der Waals surface area contributed by atoms with Crippen LogP contribution >= 0.6 is 15.9 Å². The molecule has 0 saturated carbocycles. The Bertz CT molecular complexity index is 844. The van der Waals surface area contributed by atoms with E-state index < -0.39 is 5.97 Å². The van der Waals surface area contributed by atoms with Crippen LogP contribution in [0.15, 0.2) is 53.0 Å². The lowest BCUT2D eigenvalue weighted by atomic mass is 10.1. The van der Waals surface area contributed by atoms with Gasteiger partial charge in [0, 0.05) is 10.9 Å². The number of fused-ring (bicyclic) bond motifs is 1. The number of benzene rings is 2. The minimum absolute atomic E-state index is 0.169. The van der Waals surface area contributed by atoms with Crippen molar-refractivity contribution in [1.82, 2.24) is 4.98 Å². The van der Waals surface area contributed by atoms with Crippen LogP contribution in [0.25, 0.3) is 22.2 Å². The van der Waals surface area contributed by atoms with Crippen molar-refractivity contribution >= 4 is 32.8 Å². The van der Waals surface area contributed by atoms with Gasteiger partial charge in [0.2, 0.25) is 0 Å². The topological polar surface area (TPSA) is 70.4 Å². The number of nitrogens with zero attached hydrogens (tertiary/aromatic N) is 1. The zero-order valence-corrected chi connectivity index (χ0v) is 12.3. The number of rotatable bonds is 2. The molecule has 0 amide bonds. The zero-order valence-electron chi connectivity index (χ0n) is 10.7. The van der Waals surface area contributed by atoms with E-state index in [9.17, 15) is 9.90 Å². The summed E-state index contributed by atoms with van der Waals surface area (Å²) >= 11 is 3.33. The first-order valence-corrected chi connectivity index (χ1v) is 6.97. The third-order valence-corrected chi connectivity index (χ3v) is 4.05. The summed E-state index contributed by atoms with van der Waals surface area (Å²) in [5, 5.41) is 19.4. The molecule has 21 heavy (non-hydrogen) atoms. The highest BCUT2D eigenvalue weighted by atomic mass is 79.9. The average molecular weight is 344 g/mol. The second-order valence-corrected chi connectivity index (χ2v) is 5.34. The molecule has 3 rings (SSSR count). The molecular weight excluding hydrogens is 334 g/mol. The molecule has 0 aliphatic carbocycles. The number of pyridine rings is 1. The fourth-order valence-electron chi connectivity index (χ4n) is 2.10. The Morgan fingerprint density at radius 2 is 1.71 bits per heavy atom. The van der Waals surface area contributed by atoms with E-state index in [0.29, 0.717) is 4.47 Å². The number of phenolic OH excluding ortho intramolecular Hbond substituents is 1. The van der Waals surface area contributed by atoms with E-state index in [1.165, 1.54) is 0 Å². The van der Waals surface area contributed by atoms with Crippen molar-refractivity contribution in [2.24, 2.45) is 0 Å². The Kier molecular flexibility index (Phi) is 3.35. The molecule has 0 spiro atoms. The van der Waals surface area contributed by atoms with Crippen molar-refractivity contribution in [3.63, 3.8) is 0 Å². The maximum atomic E-state index is 10.8. The number of aromatic carboxylic acids is 1. The summed E-state index contributed by atoms with van der Waals surface area (Å²) in [4.78, 5) is 15.4. The lowest BCUT2D eigenvalue weighted by molar-refractivity contribution is 0.0697. The second-order valence-electron chi connectivity index (χ2n) is 4.54. The number of phenols is 1. The fraction of sp³-hybridized carbons (Fsp3) is 0. The molecule has 1 aromatic heterocycles. The van der Waals surface area contributed by atoms with Crippen LogP contribution in [0.2, 0.25) is 0 Å². The molecule has 0 unspecified atom stereocenters. The van der Waals surface area contributed by atoms with Gasteiger partial charge >= 0.3 is 5.97 Å². The van der Waals surface area contributed by atoms with E-state index in [0.717, 1.165) is 22.2 Å². The molecule has 3 aromatic rings. The standard InChI is InChI=1S/C16H10BrNO3/c17-15-11-5-6-12(18-13(11)7-8-14(15)19)9-1-3-10(4-2-9)16(20)21/h1-8,19H,(H,20,21). The van der Waals surface area contributed by atoms with Gasteiger partial charge in [0.15, 0.2) is 0 Å². The molecule has 0 fully saturated rings. The molecule has 0 aliphatic rings. The summed E-state index contributed by atoms with van der Waals surface area (Å²) in [6, 6.07) is 13.6. The van der Waals surface area contributed by atoms with Gasteiger partial charge in [-0.3, -0.25) is 0 Å². The number of hydrogen-bond acceptors (Lipinski definition) is 3. The van der Waals surface area contributed by atoms with Crippen molar-refractivity contribution in [1.29, 1.82) is 0 Å². The van der Waals surface area contributed by atoms with E-state index in [4.69, 9.17) is 5.11 Å². The third-order valence-electron chi connectivity index (χ3n) is 3.21. The van der Waals surface area contributed by atoms with Crippen molar-refractivity contribution in [3.05, 3.63) is 58.6 Å². The first kappa shape index (κ1) is 13.6. The number of aromatic nitrogens is 1. The number of carboxylic acids is 1. The minimum atomic E-state index is -0.951. The molecule has 104 valence electrons. The summed E-state index contributed by atoms with van der Waals surface area (Å²) in [5.74, 6) is -0.782. The van der Waals surface area contributed by atoms with Crippen LogP contribution in [0, 0.1) is 0 Å². The van der Waals surface area contributed by atoms with Crippen LogP contribution < -0.4 is 0 Å². The van der Waals surface area contributed by atoms with Crippen LogP contribution in [0.1, 0.15) is 10.4 Å². The van der Waals surface area contributed by atoms with Crippen molar-refractivity contribution in [2.45, 2.75) is 0 Å².